The molecule has 138 valence electrons. The zero-order chi connectivity index (χ0) is 18.1. The number of aryl methyl sites for hydroxylation is 1. The zero-order valence-electron chi connectivity index (χ0n) is 15.4. The zero-order valence-corrected chi connectivity index (χ0v) is 15.4. The number of anilines is 1. The van der Waals surface area contributed by atoms with E-state index in [1.165, 1.54) is 12.8 Å². The molecule has 26 heavy (non-hydrogen) atoms. The average Bonchev–Trinajstić information content (AvgIpc) is 3.31. The minimum absolute atomic E-state index is 0.0766. The first-order valence-electron chi connectivity index (χ1n) is 9.43. The van der Waals surface area contributed by atoms with Crippen molar-refractivity contribution in [1.29, 1.82) is 0 Å². The van der Waals surface area contributed by atoms with Gasteiger partial charge in [-0.1, -0.05) is 30.1 Å². The van der Waals surface area contributed by atoms with Crippen LogP contribution in [0.4, 0.5) is 5.69 Å². The summed E-state index contributed by atoms with van der Waals surface area (Å²) in [6.45, 7) is 4.10. The van der Waals surface area contributed by atoms with Crippen LogP contribution in [0.2, 0.25) is 0 Å². The number of amides is 1. The Bertz CT molecular complexity index is 806. The van der Waals surface area contributed by atoms with E-state index in [9.17, 15) is 4.79 Å². The van der Waals surface area contributed by atoms with Gasteiger partial charge in [-0.25, -0.2) is 0 Å². The summed E-state index contributed by atoms with van der Waals surface area (Å²) < 4.78 is 11.3. The molecule has 0 spiro atoms. The van der Waals surface area contributed by atoms with Crippen molar-refractivity contribution >= 4 is 11.6 Å². The number of ether oxygens (including phenoxy) is 1. The Labute approximate surface area is 153 Å². The fourth-order valence-electron chi connectivity index (χ4n) is 3.87. The molecule has 0 bridgehead atoms. The normalized spacial score (nSPS) is 18.5. The fourth-order valence-corrected chi connectivity index (χ4v) is 3.87. The molecule has 1 aliphatic heterocycles. The molecule has 4 rings (SSSR count). The Kier molecular flexibility index (Phi) is 4.42. The molecule has 1 aliphatic carbocycles. The largest absolute Gasteiger partial charge is 0.485 e. The number of fused-ring (bicyclic) bond motifs is 1. The molecule has 6 heteroatoms. The van der Waals surface area contributed by atoms with Crippen molar-refractivity contribution in [2.75, 3.05) is 5.32 Å². The average molecular weight is 355 g/mol. The number of rotatable bonds is 5. The Hall–Kier alpha value is -2.37. The van der Waals surface area contributed by atoms with Crippen molar-refractivity contribution in [3.8, 4) is 5.75 Å². The van der Waals surface area contributed by atoms with Gasteiger partial charge < -0.3 is 14.6 Å². The van der Waals surface area contributed by atoms with Crippen molar-refractivity contribution in [2.45, 2.75) is 70.3 Å². The number of nitrogens with one attached hydrogen (secondary N) is 1. The molecule has 0 atom stereocenters. The summed E-state index contributed by atoms with van der Waals surface area (Å²) in [6.07, 6.45) is 6.34. The van der Waals surface area contributed by atoms with E-state index in [0.29, 0.717) is 24.7 Å². The number of benzene rings is 1. The van der Waals surface area contributed by atoms with Crippen LogP contribution in [0.1, 0.15) is 69.1 Å². The van der Waals surface area contributed by atoms with Crippen LogP contribution in [0.5, 0.6) is 5.75 Å². The van der Waals surface area contributed by atoms with E-state index in [1.807, 2.05) is 18.2 Å². The van der Waals surface area contributed by atoms with Crippen LogP contribution >= 0.6 is 0 Å². The molecule has 6 nitrogen and oxygen atoms in total. The number of aromatic nitrogens is 2. The number of carbonyl (C=O) groups is 1. The molecular formula is C20H25N3O3. The summed E-state index contributed by atoms with van der Waals surface area (Å²) in [7, 11) is 0. The summed E-state index contributed by atoms with van der Waals surface area (Å²) >= 11 is 0. The lowest BCUT2D eigenvalue weighted by molar-refractivity contribution is -0.116. The summed E-state index contributed by atoms with van der Waals surface area (Å²) in [4.78, 5) is 16.8. The van der Waals surface area contributed by atoms with Gasteiger partial charge in [0, 0.05) is 30.7 Å². The predicted molar refractivity (Wildman–Crippen MR) is 97.3 cm³/mol. The van der Waals surface area contributed by atoms with Gasteiger partial charge >= 0.3 is 0 Å². The summed E-state index contributed by atoms with van der Waals surface area (Å²) in [5.74, 6) is 2.47. The Morgan fingerprint density at radius 2 is 2.12 bits per heavy atom. The van der Waals surface area contributed by atoms with Crippen molar-refractivity contribution < 1.29 is 14.1 Å². The molecule has 1 saturated carbocycles. The topological polar surface area (TPSA) is 77.3 Å². The SMILES string of the molecule is CC1(C)Cc2cccc(NC(=O)CCc3nc(C4CCCC4)no3)c2O1. The molecule has 2 aliphatic rings. The molecule has 1 N–H and O–H groups in total. The van der Waals surface area contributed by atoms with Gasteiger partial charge in [-0.3, -0.25) is 4.79 Å². The third kappa shape index (κ3) is 3.59. The van der Waals surface area contributed by atoms with Gasteiger partial charge in [-0.15, -0.1) is 0 Å². The van der Waals surface area contributed by atoms with Crippen molar-refractivity contribution in [3.63, 3.8) is 0 Å². The highest BCUT2D eigenvalue weighted by Crippen LogP contribution is 2.40. The molecule has 2 heterocycles. The van der Waals surface area contributed by atoms with E-state index in [0.717, 1.165) is 42.1 Å². The van der Waals surface area contributed by atoms with Gasteiger partial charge in [-0.2, -0.15) is 4.98 Å². The fraction of sp³-hybridized carbons (Fsp3) is 0.550. The molecule has 0 radical (unpaired) electrons. The van der Waals surface area contributed by atoms with Gasteiger partial charge in [0.2, 0.25) is 11.8 Å². The molecule has 0 saturated heterocycles. The lowest BCUT2D eigenvalue weighted by atomic mass is 10.0. The highest BCUT2D eigenvalue weighted by molar-refractivity contribution is 5.92. The predicted octanol–water partition coefficient (Wildman–Crippen LogP) is 4.01. The summed E-state index contributed by atoms with van der Waals surface area (Å²) in [6, 6.07) is 5.87. The van der Waals surface area contributed by atoms with Crippen LogP contribution in [-0.2, 0) is 17.6 Å². The first kappa shape index (κ1) is 17.1. The second-order valence-electron chi connectivity index (χ2n) is 7.91. The van der Waals surface area contributed by atoms with Gasteiger partial charge in [0.05, 0.1) is 5.69 Å². The molecule has 1 amide bonds. The smallest absolute Gasteiger partial charge is 0.227 e. The maximum absolute atomic E-state index is 12.4. The van der Waals surface area contributed by atoms with Crippen molar-refractivity contribution in [1.82, 2.24) is 10.1 Å². The number of hydrogen-bond donors (Lipinski definition) is 1. The van der Waals surface area contributed by atoms with Crippen LogP contribution in [-0.4, -0.2) is 21.6 Å². The Balaban J connectivity index is 1.35. The number of carbonyl (C=O) groups excluding carboxylic acids is 1. The lowest BCUT2D eigenvalue weighted by Crippen LogP contribution is -2.25. The molecule has 1 aromatic heterocycles. The van der Waals surface area contributed by atoms with E-state index < -0.39 is 0 Å². The Morgan fingerprint density at radius 3 is 2.92 bits per heavy atom. The van der Waals surface area contributed by atoms with E-state index >= 15 is 0 Å². The first-order valence-corrected chi connectivity index (χ1v) is 9.43. The van der Waals surface area contributed by atoms with Crippen LogP contribution in [0.25, 0.3) is 0 Å². The van der Waals surface area contributed by atoms with E-state index in [1.54, 1.807) is 0 Å². The first-order chi connectivity index (χ1) is 12.5. The molecule has 1 aromatic carbocycles. The molecule has 0 unspecified atom stereocenters. The third-order valence-corrected chi connectivity index (χ3v) is 5.14. The second-order valence-corrected chi connectivity index (χ2v) is 7.91. The Morgan fingerprint density at radius 1 is 1.31 bits per heavy atom. The number of para-hydroxylation sites is 1. The maximum Gasteiger partial charge on any atom is 0.227 e. The van der Waals surface area contributed by atoms with Crippen molar-refractivity contribution in [2.24, 2.45) is 0 Å². The highest BCUT2D eigenvalue weighted by Gasteiger charge is 2.32. The van der Waals surface area contributed by atoms with Crippen LogP contribution in [0.15, 0.2) is 22.7 Å². The molecule has 1 fully saturated rings. The lowest BCUT2D eigenvalue weighted by Gasteiger charge is -2.18. The van der Waals surface area contributed by atoms with Crippen molar-refractivity contribution in [3.05, 3.63) is 35.5 Å². The van der Waals surface area contributed by atoms with Gasteiger partial charge in [0.15, 0.2) is 5.82 Å². The maximum atomic E-state index is 12.4. The molecule has 2 aromatic rings. The van der Waals surface area contributed by atoms with Crippen LogP contribution in [0.3, 0.4) is 0 Å². The highest BCUT2D eigenvalue weighted by atomic mass is 16.5. The summed E-state index contributed by atoms with van der Waals surface area (Å²) in [5.41, 5.74) is 1.63. The van der Waals surface area contributed by atoms with Gasteiger partial charge in [0.25, 0.3) is 0 Å². The minimum Gasteiger partial charge on any atom is -0.485 e. The van der Waals surface area contributed by atoms with E-state index in [4.69, 9.17) is 9.26 Å². The monoisotopic (exact) mass is 355 g/mol. The second kappa shape index (κ2) is 6.74. The van der Waals surface area contributed by atoms with Crippen LogP contribution in [0, 0.1) is 0 Å². The van der Waals surface area contributed by atoms with Gasteiger partial charge in [0.1, 0.15) is 11.4 Å². The quantitative estimate of drug-likeness (QED) is 0.877. The van der Waals surface area contributed by atoms with Crippen LogP contribution < -0.4 is 10.1 Å². The van der Waals surface area contributed by atoms with Gasteiger partial charge in [-0.05, 0) is 32.8 Å². The number of nitrogens with zero attached hydrogens (tertiary/aromatic N) is 2. The van der Waals surface area contributed by atoms with E-state index in [-0.39, 0.29) is 11.5 Å². The molecular weight excluding hydrogens is 330 g/mol. The van der Waals surface area contributed by atoms with E-state index in [2.05, 4.69) is 29.3 Å². The third-order valence-electron chi connectivity index (χ3n) is 5.14. The number of hydrogen-bond acceptors (Lipinski definition) is 5. The summed E-state index contributed by atoms with van der Waals surface area (Å²) in [5, 5.41) is 7.04. The minimum atomic E-state index is -0.233. The standard InChI is InChI=1S/C20H25N3O3/c1-20(2)12-14-8-5-9-15(18(14)25-20)21-16(24)10-11-17-22-19(23-26-17)13-6-3-4-7-13/h5,8-9,13H,3-4,6-7,10-12H2,1-2H3,(H,21,24).